The first-order valence-corrected chi connectivity index (χ1v) is 18.7. The highest BCUT2D eigenvalue weighted by molar-refractivity contribution is 5.69. The van der Waals surface area contributed by atoms with Crippen LogP contribution in [0.3, 0.4) is 0 Å². The number of allylic oxidation sites excluding steroid dienone is 7. The third-order valence-electron chi connectivity index (χ3n) is 8.21. The molecule has 0 aromatic rings. The fraction of sp³-hybridized carbons (Fsp3) is 0.750. The smallest absolute Gasteiger partial charge is 0.305 e. The third-order valence-corrected chi connectivity index (χ3v) is 8.21. The van der Waals surface area contributed by atoms with Gasteiger partial charge in [0, 0.05) is 12.8 Å². The molecule has 0 saturated carbocycles. The zero-order chi connectivity index (χ0) is 33.9. The second-order valence-electron chi connectivity index (χ2n) is 12.8. The summed E-state index contributed by atoms with van der Waals surface area (Å²) in [6.07, 6.45) is 37.6. The Labute approximate surface area is 282 Å². The molecule has 46 heavy (non-hydrogen) atoms. The number of unbranched alkanes of at least 4 members (excludes halogenated alkanes) is 12. The van der Waals surface area contributed by atoms with Crippen LogP contribution in [0.5, 0.6) is 0 Å². The van der Waals surface area contributed by atoms with Gasteiger partial charge in [-0.1, -0.05) is 153 Å². The summed E-state index contributed by atoms with van der Waals surface area (Å²) in [5, 5.41) is 20.1. The zero-order valence-electron chi connectivity index (χ0n) is 29.8. The molecule has 2 N–H and O–H groups in total. The summed E-state index contributed by atoms with van der Waals surface area (Å²) < 4.78 is 10.2. The van der Waals surface area contributed by atoms with Gasteiger partial charge in [0.25, 0.3) is 0 Å². The van der Waals surface area contributed by atoms with E-state index < -0.39 is 18.2 Å². The van der Waals surface area contributed by atoms with Crippen molar-refractivity contribution in [2.45, 2.75) is 174 Å². The third kappa shape index (κ3) is 33.2. The van der Waals surface area contributed by atoms with Crippen LogP contribution in [0.25, 0.3) is 0 Å². The standard InChI is InChI=1S/C40H70O6/c1-4-6-7-8-9-10-11-12-13-17-20-23-26-30-37(41)31-28-33-40(44)46-35-38(42)34-45-39(43)32-27-24-21-18-15-14-16-19-22-25-29-36(3)5-2/h9-10,12-13,20,23,26,30,36-38,41-42H,4-8,11,14-19,21-22,24-25,27-29,31-35H2,1-3H3/b10-9-,13-12-,23-20-,30-26+/t36?,37-,38+/m1/s1. The zero-order valence-corrected chi connectivity index (χ0v) is 29.8. The van der Waals surface area contributed by atoms with Gasteiger partial charge in [-0.05, 0) is 50.9 Å². The molecule has 0 aliphatic rings. The van der Waals surface area contributed by atoms with E-state index in [4.69, 9.17) is 9.47 Å². The van der Waals surface area contributed by atoms with Gasteiger partial charge < -0.3 is 19.7 Å². The Kier molecular flexibility index (Phi) is 32.5. The first-order chi connectivity index (χ1) is 22.4. The number of carbonyl (C=O) groups excluding carboxylic acids is 2. The lowest BCUT2D eigenvalue weighted by atomic mass is 9.99. The van der Waals surface area contributed by atoms with Crippen molar-refractivity contribution in [1.29, 1.82) is 0 Å². The molecule has 6 nitrogen and oxygen atoms in total. The monoisotopic (exact) mass is 647 g/mol. The summed E-state index contributed by atoms with van der Waals surface area (Å²) in [6, 6.07) is 0. The average Bonchev–Trinajstić information content (AvgIpc) is 3.05. The number of hydrogen-bond acceptors (Lipinski definition) is 6. The van der Waals surface area contributed by atoms with E-state index in [2.05, 4.69) is 45.1 Å². The quantitative estimate of drug-likeness (QED) is 0.0327. The van der Waals surface area contributed by atoms with Crippen LogP contribution in [0.1, 0.15) is 162 Å². The van der Waals surface area contributed by atoms with E-state index in [0.29, 0.717) is 19.3 Å². The summed E-state index contributed by atoms with van der Waals surface area (Å²) in [6.45, 7) is 6.45. The van der Waals surface area contributed by atoms with Crippen molar-refractivity contribution in [3.8, 4) is 0 Å². The number of carbonyl (C=O) groups is 2. The topological polar surface area (TPSA) is 93.1 Å². The second-order valence-corrected chi connectivity index (χ2v) is 12.8. The minimum absolute atomic E-state index is 0.156. The Bertz CT molecular complexity index is 815. The molecule has 0 radical (unpaired) electrons. The van der Waals surface area contributed by atoms with Crippen LogP contribution < -0.4 is 0 Å². The number of rotatable bonds is 32. The molecule has 0 aliphatic heterocycles. The van der Waals surface area contributed by atoms with Crippen LogP contribution in [-0.2, 0) is 19.1 Å². The fourth-order valence-electron chi connectivity index (χ4n) is 4.93. The maximum Gasteiger partial charge on any atom is 0.305 e. The maximum absolute atomic E-state index is 12.0. The SMILES string of the molecule is CCCCC/C=C\C/C=C\C/C=C\C=C\[C@@H](O)CCCC(=O)OC[C@@H](O)COC(=O)CCCCCCCCCCCCC(C)CC. The number of esters is 2. The lowest BCUT2D eigenvalue weighted by Gasteiger charge is -2.12. The molecule has 1 unspecified atom stereocenters. The first kappa shape index (κ1) is 43.8. The number of aliphatic hydroxyl groups is 2. The summed E-state index contributed by atoms with van der Waals surface area (Å²) in [5.41, 5.74) is 0. The van der Waals surface area contributed by atoms with Crippen molar-refractivity contribution in [1.82, 2.24) is 0 Å². The van der Waals surface area contributed by atoms with Crippen molar-refractivity contribution in [2.75, 3.05) is 13.2 Å². The van der Waals surface area contributed by atoms with E-state index in [9.17, 15) is 19.8 Å². The summed E-state index contributed by atoms with van der Waals surface area (Å²) >= 11 is 0. The van der Waals surface area contributed by atoms with Crippen molar-refractivity contribution in [3.05, 3.63) is 48.6 Å². The van der Waals surface area contributed by atoms with Gasteiger partial charge in [0.2, 0.25) is 0 Å². The van der Waals surface area contributed by atoms with Crippen molar-refractivity contribution < 1.29 is 29.3 Å². The highest BCUT2D eigenvalue weighted by atomic mass is 16.6. The van der Waals surface area contributed by atoms with Gasteiger partial charge in [0.1, 0.15) is 19.3 Å². The molecule has 0 rings (SSSR count). The highest BCUT2D eigenvalue weighted by Crippen LogP contribution is 2.15. The van der Waals surface area contributed by atoms with Crippen LogP contribution in [0.15, 0.2) is 48.6 Å². The predicted molar refractivity (Wildman–Crippen MR) is 193 cm³/mol. The largest absolute Gasteiger partial charge is 0.463 e. The molecule has 0 spiro atoms. The fourth-order valence-corrected chi connectivity index (χ4v) is 4.93. The van der Waals surface area contributed by atoms with E-state index in [1.54, 1.807) is 6.08 Å². The van der Waals surface area contributed by atoms with Gasteiger partial charge in [-0.25, -0.2) is 0 Å². The molecule has 0 fully saturated rings. The maximum atomic E-state index is 12.0. The molecule has 0 aromatic heterocycles. The van der Waals surface area contributed by atoms with Crippen molar-refractivity contribution in [2.24, 2.45) is 5.92 Å². The van der Waals surface area contributed by atoms with Crippen molar-refractivity contribution >= 4 is 11.9 Å². The number of aliphatic hydroxyl groups excluding tert-OH is 2. The Morgan fingerprint density at radius 2 is 1.15 bits per heavy atom. The number of hydrogen-bond donors (Lipinski definition) is 2. The molecule has 6 heteroatoms. The predicted octanol–water partition coefficient (Wildman–Crippen LogP) is 10.3. The van der Waals surface area contributed by atoms with Gasteiger partial charge in [-0.3, -0.25) is 9.59 Å². The lowest BCUT2D eigenvalue weighted by Crippen LogP contribution is -2.25. The molecule has 0 amide bonds. The molecule has 0 bridgehead atoms. The molecule has 0 saturated heterocycles. The van der Waals surface area contributed by atoms with E-state index >= 15 is 0 Å². The van der Waals surface area contributed by atoms with E-state index in [-0.39, 0.29) is 25.6 Å². The normalized spacial score (nSPS) is 14.1. The van der Waals surface area contributed by atoms with Crippen LogP contribution in [0.4, 0.5) is 0 Å². The molecular formula is C40H70O6. The van der Waals surface area contributed by atoms with Crippen LogP contribution >= 0.6 is 0 Å². The minimum atomic E-state index is -1.04. The van der Waals surface area contributed by atoms with Gasteiger partial charge in [0.15, 0.2) is 0 Å². The van der Waals surface area contributed by atoms with E-state index in [1.807, 2.05) is 18.2 Å². The van der Waals surface area contributed by atoms with Crippen LogP contribution in [0.2, 0.25) is 0 Å². The van der Waals surface area contributed by atoms with Gasteiger partial charge in [-0.2, -0.15) is 0 Å². The molecule has 266 valence electrons. The van der Waals surface area contributed by atoms with Gasteiger partial charge in [-0.15, -0.1) is 0 Å². The summed E-state index contributed by atoms with van der Waals surface area (Å²) in [7, 11) is 0. The second kappa shape index (κ2) is 34.2. The average molecular weight is 647 g/mol. The Morgan fingerprint density at radius 3 is 1.76 bits per heavy atom. The molecule has 0 aliphatic carbocycles. The summed E-state index contributed by atoms with van der Waals surface area (Å²) in [4.78, 5) is 23.9. The van der Waals surface area contributed by atoms with Gasteiger partial charge >= 0.3 is 11.9 Å². The molecule has 0 aromatic carbocycles. The summed E-state index contributed by atoms with van der Waals surface area (Å²) in [5.74, 6) is 0.106. The minimum Gasteiger partial charge on any atom is -0.463 e. The van der Waals surface area contributed by atoms with Gasteiger partial charge in [0.05, 0.1) is 6.10 Å². The molecular weight excluding hydrogens is 576 g/mol. The Hall–Kier alpha value is -2.18. The van der Waals surface area contributed by atoms with Crippen molar-refractivity contribution in [3.63, 3.8) is 0 Å². The Morgan fingerprint density at radius 1 is 0.609 bits per heavy atom. The van der Waals surface area contributed by atoms with Crippen LogP contribution in [0, 0.1) is 5.92 Å². The first-order valence-electron chi connectivity index (χ1n) is 18.7. The lowest BCUT2D eigenvalue weighted by molar-refractivity contribution is -0.152. The van der Waals surface area contributed by atoms with E-state index in [1.165, 1.54) is 77.0 Å². The van der Waals surface area contributed by atoms with E-state index in [0.717, 1.165) is 44.4 Å². The Balaban J connectivity index is 3.66. The molecule has 3 atom stereocenters. The highest BCUT2D eigenvalue weighted by Gasteiger charge is 2.12. The van der Waals surface area contributed by atoms with Crippen LogP contribution in [-0.4, -0.2) is 47.6 Å². The molecule has 0 heterocycles. The number of ether oxygens (including phenoxy) is 2.